The number of ketones is 1. The molecule has 0 spiro atoms. The Bertz CT molecular complexity index is 390. The molecule has 2 heteroatoms. The van der Waals surface area contributed by atoms with Crippen LogP contribution in [0.4, 0.5) is 0 Å². The monoisotopic (exact) mass is 232 g/mol. The molecule has 0 amide bonds. The number of carbonyl (C=O) groups is 1. The standard InChI is InChI=1S/C14H16OS/c1-3-4-8-13(12(2)15)11-16-14-9-6-5-7-10-14/h3-10H,11H2,1-2H3/b4-3-,13-8+. The van der Waals surface area contributed by atoms with E-state index >= 15 is 0 Å². The van der Waals surface area contributed by atoms with Crippen LogP contribution in [-0.4, -0.2) is 11.5 Å². The highest BCUT2D eigenvalue weighted by atomic mass is 32.2. The van der Waals surface area contributed by atoms with Crippen molar-refractivity contribution in [3.63, 3.8) is 0 Å². The molecule has 1 nitrogen and oxygen atoms in total. The first-order valence-electron chi connectivity index (χ1n) is 5.24. The maximum absolute atomic E-state index is 11.4. The quantitative estimate of drug-likeness (QED) is 0.435. The molecule has 0 aliphatic carbocycles. The molecular formula is C14H16OS. The smallest absolute Gasteiger partial charge is 0.156 e. The third kappa shape index (κ3) is 4.49. The van der Waals surface area contributed by atoms with Gasteiger partial charge in [0.1, 0.15) is 0 Å². The molecule has 1 rings (SSSR count). The Morgan fingerprint density at radius 3 is 2.56 bits per heavy atom. The van der Waals surface area contributed by atoms with Gasteiger partial charge in [0.15, 0.2) is 5.78 Å². The van der Waals surface area contributed by atoms with Crippen molar-refractivity contribution in [3.8, 4) is 0 Å². The molecule has 0 aliphatic heterocycles. The van der Waals surface area contributed by atoms with E-state index in [4.69, 9.17) is 0 Å². The Morgan fingerprint density at radius 2 is 2.00 bits per heavy atom. The van der Waals surface area contributed by atoms with Crippen LogP contribution >= 0.6 is 11.8 Å². The summed E-state index contributed by atoms with van der Waals surface area (Å²) in [5, 5.41) is 0. The molecule has 0 saturated carbocycles. The highest BCUT2D eigenvalue weighted by Gasteiger charge is 2.03. The fourth-order valence-electron chi connectivity index (χ4n) is 1.16. The molecule has 0 N–H and O–H groups in total. The summed E-state index contributed by atoms with van der Waals surface area (Å²) in [5.41, 5.74) is 0.854. The van der Waals surface area contributed by atoms with Gasteiger partial charge in [-0.05, 0) is 26.0 Å². The van der Waals surface area contributed by atoms with Crippen LogP contribution in [0, 0.1) is 0 Å². The van der Waals surface area contributed by atoms with Gasteiger partial charge in [-0.25, -0.2) is 0 Å². The van der Waals surface area contributed by atoms with Crippen molar-refractivity contribution in [3.05, 3.63) is 54.1 Å². The van der Waals surface area contributed by atoms with Gasteiger partial charge >= 0.3 is 0 Å². The second-order valence-corrected chi connectivity index (χ2v) is 4.42. The molecule has 0 aromatic heterocycles. The zero-order valence-electron chi connectivity index (χ0n) is 9.64. The first kappa shape index (κ1) is 12.8. The number of allylic oxidation sites excluding steroid dienone is 3. The molecule has 0 fully saturated rings. The number of thioether (sulfide) groups is 1. The minimum atomic E-state index is 0.140. The predicted octanol–water partition coefficient (Wildman–Crippen LogP) is 3.87. The average Bonchev–Trinajstić information content (AvgIpc) is 2.30. The molecule has 0 bridgehead atoms. The van der Waals surface area contributed by atoms with E-state index in [1.54, 1.807) is 18.7 Å². The average molecular weight is 232 g/mol. The fourth-order valence-corrected chi connectivity index (χ4v) is 2.13. The Labute approximate surface area is 101 Å². The van der Waals surface area contributed by atoms with Gasteiger partial charge < -0.3 is 0 Å². The van der Waals surface area contributed by atoms with E-state index in [2.05, 4.69) is 12.1 Å². The lowest BCUT2D eigenvalue weighted by molar-refractivity contribution is -0.113. The number of rotatable bonds is 5. The number of carbonyl (C=O) groups excluding carboxylic acids is 1. The van der Waals surface area contributed by atoms with E-state index in [1.807, 2.05) is 43.4 Å². The van der Waals surface area contributed by atoms with Gasteiger partial charge in [0.25, 0.3) is 0 Å². The van der Waals surface area contributed by atoms with Crippen molar-refractivity contribution in [2.75, 3.05) is 5.75 Å². The predicted molar refractivity (Wildman–Crippen MR) is 70.7 cm³/mol. The van der Waals surface area contributed by atoms with Crippen molar-refractivity contribution in [1.29, 1.82) is 0 Å². The Balaban J connectivity index is 2.61. The summed E-state index contributed by atoms with van der Waals surface area (Å²) >= 11 is 1.68. The maximum atomic E-state index is 11.4. The molecule has 0 saturated heterocycles. The van der Waals surface area contributed by atoms with Crippen LogP contribution in [-0.2, 0) is 4.79 Å². The van der Waals surface area contributed by atoms with E-state index in [1.165, 1.54) is 4.90 Å². The normalized spacial score (nSPS) is 12.0. The molecule has 0 atom stereocenters. The summed E-state index contributed by atoms with van der Waals surface area (Å²) in [6.45, 7) is 3.56. The molecule has 1 aromatic carbocycles. The van der Waals surface area contributed by atoms with E-state index in [9.17, 15) is 4.79 Å². The van der Waals surface area contributed by atoms with Crippen molar-refractivity contribution in [2.45, 2.75) is 18.7 Å². The molecule has 0 aliphatic rings. The van der Waals surface area contributed by atoms with Crippen LogP contribution < -0.4 is 0 Å². The van der Waals surface area contributed by atoms with Gasteiger partial charge in [0, 0.05) is 16.2 Å². The van der Waals surface area contributed by atoms with E-state index in [0.29, 0.717) is 0 Å². The zero-order valence-corrected chi connectivity index (χ0v) is 10.5. The van der Waals surface area contributed by atoms with Crippen molar-refractivity contribution < 1.29 is 4.79 Å². The summed E-state index contributed by atoms with van der Waals surface area (Å²) in [5.74, 6) is 0.866. The lowest BCUT2D eigenvalue weighted by atomic mass is 10.2. The van der Waals surface area contributed by atoms with Gasteiger partial charge in [0.05, 0.1) is 0 Å². The number of hydrogen-bond acceptors (Lipinski definition) is 2. The Hall–Kier alpha value is -1.28. The van der Waals surface area contributed by atoms with Gasteiger partial charge in [-0.2, -0.15) is 0 Å². The van der Waals surface area contributed by atoms with Crippen LogP contribution in [0.25, 0.3) is 0 Å². The van der Waals surface area contributed by atoms with E-state index in [-0.39, 0.29) is 5.78 Å². The number of Topliss-reactive ketones (excluding diaryl/α,β-unsaturated/α-hetero) is 1. The van der Waals surface area contributed by atoms with Crippen molar-refractivity contribution >= 4 is 17.5 Å². The molecule has 84 valence electrons. The highest BCUT2D eigenvalue weighted by Crippen LogP contribution is 2.20. The minimum absolute atomic E-state index is 0.140. The summed E-state index contributed by atoms with van der Waals surface area (Å²) in [6.07, 6.45) is 5.72. The van der Waals surface area contributed by atoms with Crippen LogP contribution in [0.1, 0.15) is 13.8 Å². The molecule has 0 radical (unpaired) electrons. The second kappa shape index (κ2) is 7.07. The molecule has 0 unspecified atom stereocenters. The van der Waals surface area contributed by atoms with Gasteiger partial charge in [0.2, 0.25) is 0 Å². The van der Waals surface area contributed by atoms with Crippen LogP contribution in [0.2, 0.25) is 0 Å². The van der Waals surface area contributed by atoms with Gasteiger partial charge in [-0.15, -0.1) is 11.8 Å². The van der Waals surface area contributed by atoms with Crippen molar-refractivity contribution in [1.82, 2.24) is 0 Å². The zero-order chi connectivity index (χ0) is 11.8. The Kier molecular flexibility index (Phi) is 5.65. The van der Waals surface area contributed by atoms with Crippen LogP contribution in [0.5, 0.6) is 0 Å². The SMILES string of the molecule is C/C=C\C=C(/CSc1ccccc1)C(C)=O. The minimum Gasteiger partial charge on any atom is -0.295 e. The number of benzene rings is 1. The molecule has 16 heavy (non-hydrogen) atoms. The van der Waals surface area contributed by atoms with Crippen LogP contribution in [0.3, 0.4) is 0 Å². The third-order valence-corrected chi connectivity index (χ3v) is 3.14. The lowest BCUT2D eigenvalue weighted by Gasteiger charge is -2.02. The highest BCUT2D eigenvalue weighted by molar-refractivity contribution is 7.99. The lowest BCUT2D eigenvalue weighted by Crippen LogP contribution is -1.99. The summed E-state index contributed by atoms with van der Waals surface area (Å²) in [4.78, 5) is 12.5. The maximum Gasteiger partial charge on any atom is 0.156 e. The molecule has 0 heterocycles. The largest absolute Gasteiger partial charge is 0.295 e. The van der Waals surface area contributed by atoms with Gasteiger partial charge in [-0.3, -0.25) is 4.79 Å². The summed E-state index contributed by atoms with van der Waals surface area (Å²) in [7, 11) is 0. The first-order chi connectivity index (χ1) is 7.74. The fraction of sp³-hybridized carbons (Fsp3) is 0.214. The second-order valence-electron chi connectivity index (χ2n) is 3.38. The summed E-state index contributed by atoms with van der Waals surface area (Å²) < 4.78 is 0. The van der Waals surface area contributed by atoms with Crippen LogP contribution in [0.15, 0.2) is 59.0 Å². The topological polar surface area (TPSA) is 17.1 Å². The Morgan fingerprint density at radius 1 is 1.31 bits per heavy atom. The number of hydrogen-bond donors (Lipinski definition) is 0. The third-order valence-electron chi connectivity index (χ3n) is 2.08. The van der Waals surface area contributed by atoms with Gasteiger partial charge in [-0.1, -0.05) is 36.4 Å². The molecular weight excluding hydrogens is 216 g/mol. The first-order valence-corrected chi connectivity index (χ1v) is 6.23. The molecule has 1 aromatic rings. The van der Waals surface area contributed by atoms with E-state index < -0.39 is 0 Å². The van der Waals surface area contributed by atoms with E-state index in [0.717, 1.165) is 11.3 Å². The van der Waals surface area contributed by atoms with Crippen molar-refractivity contribution in [2.24, 2.45) is 0 Å². The summed E-state index contributed by atoms with van der Waals surface area (Å²) in [6, 6.07) is 10.1.